The summed E-state index contributed by atoms with van der Waals surface area (Å²) in [6.45, 7) is 6.07. The van der Waals surface area contributed by atoms with Crippen LogP contribution in [0.15, 0.2) is 24.4 Å². The van der Waals surface area contributed by atoms with E-state index >= 15 is 0 Å². The number of hydrogen-bond acceptors (Lipinski definition) is 3. The maximum atomic E-state index is 12.7. The molecule has 2 aromatic heterocycles. The molecule has 0 aromatic carbocycles. The Bertz CT molecular complexity index is 631. The molecule has 1 N–H and O–H groups in total. The van der Waals surface area contributed by atoms with Crippen LogP contribution in [-0.2, 0) is 6.54 Å². The molecule has 1 aliphatic heterocycles. The number of hydrogen-bond donors (Lipinski definition) is 1. The summed E-state index contributed by atoms with van der Waals surface area (Å²) < 4.78 is 7.52. The maximum Gasteiger partial charge on any atom is 0.272 e. The Morgan fingerprint density at radius 1 is 1.48 bits per heavy atom. The molecule has 1 aliphatic rings. The van der Waals surface area contributed by atoms with Gasteiger partial charge in [0, 0.05) is 31.0 Å². The van der Waals surface area contributed by atoms with Crippen LogP contribution >= 0.6 is 0 Å². The lowest BCUT2D eigenvalue weighted by Gasteiger charge is -2.36. The Morgan fingerprint density at radius 2 is 2.33 bits per heavy atom. The zero-order chi connectivity index (χ0) is 14.8. The summed E-state index contributed by atoms with van der Waals surface area (Å²) in [5.41, 5.74) is 1.68. The molecule has 0 aliphatic carbocycles. The fourth-order valence-corrected chi connectivity index (χ4v) is 2.93. The van der Waals surface area contributed by atoms with Gasteiger partial charge in [0.25, 0.3) is 5.91 Å². The highest BCUT2D eigenvalue weighted by Crippen LogP contribution is 2.30. The van der Waals surface area contributed by atoms with E-state index in [1.807, 2.05) is 17.9 Å². The molecule has 0 saturated heterocycles. The van der Waals surface area contributed by atoms with E-state index in [1.165, 1.54) is 5.69 Å². The molecular formula is C15H20N4O2. The smallest absolute Gasteiger partial charge is 0.272 e. The largest absolute Gasteiger partial charge is 0.477 e. The van der Waals surface area contributed by atoms with Gasteiger partial charge >= 0.3 is 0 Å². The van der Waals surface area contributed by atoms with Gasteiger partial charge in [0.05, 0.1) is 12.6 Å². The van der Waals surface area contributed by atoms with Crippen molar-refractivity contribution in [2.75, 3.05) is 13.2 Å². The third kappa shape index (κ3) is 2.41. The second kappa shape index (κ2) is 5.63. The van der Waals surface area contributed by atoms with Crippen molar-refractivity contribution < 1.29 is 9.53 Å². The van der Waals surface area contributed by atoms with Crippen LogP contribution in [0.2, 0.25) is 0 Å². The van der Waals surface area contributed by atoms with E-state index in [-0.39, 0.29) is 11.9 Å². The predicted octanol–water partition coefficient (Wildman–Crippen LogP) is 2.22. The molecular weight excluding hydrogens is 268 g/mol. The van der Waals surface area contributed by atoms with Crippen molar-refractivity contribution >= 4 is 5.91 Å². The van der Waals surface area contributed by atoms with Crippen molar-refractivity contribution in [2.45, 2.75) is 32.9 Å². The Kier molecular flexibility index (Phi) is 3.68. The van der Waals surface area contributed by atoms with Gasteiger partial charge < -0.3 is 14.2 Å². The minimum absolute atomic E-state index is 0.0206. The minimum Gasteiger partial charge on any atom is -0.477 e. The van der Waals surface area contributed by atoms with Gasteiger partial charge in [-0.25, -0.2) is 0 Å². The lowest BCUT2D eigenvalue weighted by atomic mass is 10.1. The molecule has 112 valence electrons. The number of carbonyl (C=O) groups is 1. The average molecular weight is 288 g/mol. The second-order valence-electron chi connectivity index (χ2n) is 5.10. The van der Waals surface area contributed by atoms with Crippen molar-refractivity contribution in [3.05, 3.63) is 35.8 Å². The fraction of sp³-hybridized carbons (Fsp3) is 0.467. The average Bonchev–Trinajstić information content (AvgIpc) is 3.14. The van der Waals surface area contributed by atoms with Gasteiger partial charge in [-0.1, -0.05) is 6.92 Å². The van der Waals surface area contributed by atoms with Crippen LogP contribution < -0.4 is 4.74 Å². The van der Waals surface area contributed by atoms with Crippen LogP contribution in [0.4, 0.5) is 0 Å². The molecule has 0 unspecified atom stereocenters. The quantitative estimate of drug-likeness (QED) is 0.938. The Morgan fingerprint density at radius 3 is 3.10 bits per heavy atom. The number of amides is 1. The molecule has 3 rings (SSSR count). The van der Waals surface area contributed by atoms with Gasteiger partial charge in [0.2, 0.25) is 5.88 Å². The van der Waals surface area contributed by atoms with Crippen molar-refractivity contribution in [1.29, 1.82) is 0 Å². The summed E-state index contributed by atoms with van der Waals surface area (Å²) in [6.07, 6.45) is 2.96. The molecule has 3 heterocycles. The highest BCUT2D eigenvalue weighted by atomic mass is 16.5. The van der Waals surface area contributed by atoms with Gasteiger partial charge in [-0.2, -0.15) is 0 Å². The van der Waals surface area contributed by atoms with Gasteiger partial charge in [0.15, 0.2) is 0 Å². The lowest BCUT2D eigenvalue weighted by Crippen LogP contribution is -2.41. The standard InChI is InChI=1S/C15H20N4O2/c1-3-12-13-6-5-7-18(13)8-9-19(12)15(20)11-10-14(17-16-11)21-4-2/h5-7,10,12H,3-4,8-9H2,1-2H3,(H,16,17)/t12-/m0/s1. The highest BCUT2D eigenvalue weighted by molar-refractivity contribution is 5.93. The number of ether oxygens (including phenoxy) is 1. The zero-order valence-electron chi connectivity index (χ0n) is 12.4. The number of fused-ring (bicyclic) bond motifs is 1. The summed E-state index contributed by atoms with van der Waals surface area (Å²) in [4.78, 5) is 14.6. The van der Waals surface area contributed by atoms with E-state index in [0.29, 0.717) is 24.7 Å². The van der Waals surface area contributed by atoms with Crippen molar-refractivity contribution in [1.82, 2.24) is 19.7 Å². The van der Waals surface area contributed by atoms with Crippen LogP contribution in [0.5, 0.6) is 5.88 Å². The SMILES string of the molecule is CCOc1cc(C(=O)N2CCn3cccc3[C@@H]2CC)[nH]n1. The number of aromatic amines is 1. The molecule has 1 atom stereocenters. The Labute approximate surface area is 123 Å². The number of nitrogens with zero attached hydrogens (tertiary/aromatic N) is 3. The van der Waals surface area contributed by atoms with E-state index in [4.69, 9.17) is 4.74 Å². The normalized spacial score (nSPS) is 17.6. The topological polar surface area (TPSA) is 63.1 Å². The summed E-state index contributed by atoms with van der Waals surface area (Å²) >= 11 is 0. The first-order valence-electron chi connectivity index (χ1n) is 7.38. The lowest BCUT2D eigenvalue weighted by molar-refractivity contribution is 0.0611. The maximum absolute atomic E-state index is 12.7. The summed E-state index contributed by atoms with van der Waals surface area (Å²) in [5, 5.41) is 6.78. The van der Waals surface area contributed by atoms with Crippen LogP contribution in [0, 0.1) is 0 Å². The van der Waals surface area contributed by atoms with Gasteiger partial charge in [0.1, 0.15) is 5.69 Å². The first kappa shape index (κ1) is 13.7. The van der Waals surface area contributed by atoms with Crippen LogP contribution in [0.3, 0.4) is 0 Å². The minimum atomic E-state index is -0.0206. The van der Waals surface area contributed by atoms with E-state index in [1.54, 1.807) is 6.07 Å². The molecule has 0 spiro atoms. The van der Waals surface area contributed by atoms with Crippen molar-refractivity contribution in [2.24, 2.45) is 0 Å². The van der Waals surface area contributed by atoms with Crippen molar-refractivity contribution in [3.8, 4) is 5.88 Å². The zero-order valence-corrected chi connectivity index (χ0v) is 12.4. The van der Waals surface area contributed by atoms with Crippen LogP contribution in [-0.4, -0.2) is 38.7 Å². The number of H-pyrrole nitrogens is 1. The van der Waals surface area contributed by atoms with E-state index in [9.17, 15) is 4.79 Å². The number of nitrogens with one attached hydrogen (secondary N) is 1. The molecule has 21 heavy (non-hydrogen) atoms. The summed E-state index contributed by atoms with van der Waals surface area (Å²) in [5.74, 6) is 0.446. The van der Waals surface area contributed by atoms with Crippen molar-refractivity contribution in [3.63, 3.8) is 0 Å². The second-order valence-corrected chi connectivity index (χ2v) is 5.10. The van der Waals surface area contributed by atoms with Gasteiger partial charge in [-0.15, -0.1) is 5.10 Å². The van der Waals surface area contributed by atoms with E-state index in [0.717, 1.165) is 13.0 Å². The predicted molar refractivity (Wildman–Crippen MR) is 78.3 cm³/mol. The molecule has 0 bridgehead atoms. The number of carbonyl (C=O) groups excluding carboxylic acids is 1. The van der Waals surface area contributed by atoms with Gasteiger partial charge in [-0.3, -0.25) is 9.89 Å². The molecule has 6 heteroatoms. The van der Waals surface area contributed by atoms with Crippen LogP contribution in [0.25, 0.3) is 0 Å². The Balaban J connectivity index is 1.83. The molecule has 2 aromatic rings. The first-order valence-corrected chi connectivity index (χ1v) is 7.38. The number of rotatable bonds is 4. The monoisotopic (exact) mass is 288 g/mol. The molecule has 1 amide bonds. The van der Waals surface area contributed by atoms with E-state index < -0.39 is 0 Å². The molecule has 6 nitrogen and oxygen atoms in total. The summed E-state index contributed by atoms with van der Waals surface area (Å²) in [6, 6.07) is 5.91. The van der Waals surface area contributed by atoms with E-state index in [2.05, 4.69) is 34.0 Å². The first-order chi connectivity index (χ1) is 10.2. The van der Waals surface area contributed by atoms with Gasteiger partial charge in [-0.05, 0) is 25.5 Å². The molecule has 0 radical (unpaired) electrons. The third-order valence-electron chi connectivity index (χ3n) is 3.89. The molecule has 0 fully saturated rings. The highest BCUT2D eigenvalue weighted by Gasteiger charge is 2.31. The Hall–Kier alpha value is -2.24. The number of aromatic nitrogens is 3. The molecule has 0 saturated carbocycles. The fourth-order valence-electron chi connectivity index (χ4n) is 2.93. The van der Waals surface area contributed by atoms with Crippen LogP contribution in [0.1, 0.15) is 42.5 Å². The summed E-state index contributed by atoms with van der Waals surface area (Å²) in [7, 11) is 0. The third-order valence-corrected chi connectivity index (χ3v) is 3.89.